The van der Waals surface area contributed by atoms with Gasteiger partial charge < -0.3 is 4.42 Å². The molecule has 4 nitrogen and oxygen atoms in total. The third-order valence-corrected chi connectivity index (χ3v) is 7.27. The summed E-state index contributed by atoms with van der Waals surface area (Å²) in [6, 6.07) is 26.8. The normalized spacial score (nSPS) is 16.0. The largest absolute Gasteiger partial charge is 0.457 e. The van der Waals surface area contributed by atoms with Crippen molar-refractivity contribution < 1.29 is 9.21 Å². The molecule has 1 fully saturated rings. The molecule has 2 heterocycles. The molecule has 35 heavy (non-hydrogen) atoms. The number of halogens is 2. The Kier molecular flexibility index (Phi) is 6.82. The second-order valence-corrected chi connectivity index (χ2v) is 9.82. The molecule has 0 bridgehead atoms. The fourth-order valence-electron chi connectivity index (χ4n) is 3.62. The fraction of sp³-hybridized carbons (Fsp3) is 0.0714. The molecule has 0 saturated carbocycles. The molecule has 174 valence electrons. The number of nitrogens with zero attached hydrogens (tertiary/aromatic N) is 2. The summed E-state index contributed by atoms with van der Waals surface area (Å²) in [5.41, 5.74) is 3.66. The molecule has 0 radical (unpaired) electrons. The molecule has 0 atom stereocenters. The van der Waals surface area contributed by atoms with Crippen molar-refractivity contribution in [3.8, 4) is 11.3 Å². The SMILES string of the molecule is Cc1ccc(N=C2S/C(=C/c3ccc(-c4cccc(Cl)c4Cl)o3)C(=O)N2Cc2ccccc2)cc1. The molecule has 4 aromatic rings. The maximum absolute atomic E-state index is 13.4. The lowest BCUT2D eigenvalue weighted by atomic mass is 10.2. The minimum atomic E-state index is -0.122. The fourth-order valence-corrected chi connectivity index (χ4v) is 5.00. The quantitative estimate of drug-likeness (QED) is 0.249. The highest BCUT2D eigenvalue weighted by atomic mass is 35.5. The third-order valence-electron chi connectivity index (χ3n) is 5.45. The lowest BCUT2D eigenvalue weighted by molar-refractivity contribution is -0.122. The van der Waals surface area contributed by atoms with Crippen LogP contribution in [0.25, 0.3) is 17.4 Å². The number of thioether (sulfide) groups is 1. The highest BCUT2D eigenvalue weighted by molar-refractivity contribution is 8.18. The van der Waals surface area contributed by atoms with Crippen LogP contribution in [-0.4, -0.2) is 16.0 Å². The van der Waals surface area contributed by atoms with Gasteiger partial charge in [-0.1, -0.05) is 77.3 Å². The number of carbonyl (C=O) groups is 1. The summed E-state index contributed by atoms with van der Waals surface area (Å²) in [6.45, 7) is 2.46. The zero-order valence-electron chi connectivity index (χ0n) is 18.7. The van der Waals surface area contributed by atoms with Crippen LogP contribution in [0.2, 0.25) is 10.0 Å². The number of amides is 1. The van der Waals surface area contributed by atoms with E-state index in [-0.39, 0.29) is 5.91 Å². The molecule has 1 aliphatic heterocycles. The van der Waals surface area contributed by atoms with Gasteiger partial charge in [-0.2, -0.15) is 0 Å². The van der Waals surface area contributed by atoms with E-state index in [1.807, 2.05) is 85.8 Å². The van der Waals surface area contributed by atoms with Crippen molar-refractivity contribution in [3.05, 3.63) is 117 Å². The Hall–Kier alpha value is -3.25. The van der Waals surface area contributed by atoms with Gasteiger partial charge in [0.2, 0.25) is 0 Å². The van der Waals surface area contributed by atoms with Crippen LogP contribution in [-0.2, 0) is 11.3 Å². The van der Waals surface area contributed by atoms with Crippen molar-refractivity contribution in [2.24, 2.45) is 4.99 Å². The Balaban J connectivity index is 1.47. The van der Waals surface area contributed by atoms with Crippen LogP contribution in [0.5, 0.6) is 0 Å². The average molecular weight is 519 g/mol. The predicted molar refractivity (Wildman–Crippen MR) is 145 cm³/mol. The first kappa shape index (κ1) is 23.5. The minimum Gasteiger partial charge on any atom is -0.457 e. The van der Waals surface area contributed by atoms with Crippen LogP contribution in [0.1, 0.15) is 16.9 Å². The molecule has 0 spiro atoms. The van der Waals surface area contributed by atoms with Crippen molar-refractivity contribution in [3.63, 3.8) is 0 Å². The molecule has 1 amide bonds. The van der Waals surface area contributed by atoms with Gasteiger partial charge in [0.1, 0.15) is 11.5 Å². The van der Waals surface area contributed by atoms with Crippen LogP contribution in [0.3, 0.4) is 0 Å². The van der Waals surface area contributed by atoms with E-state index in [9.17, 15) is 4.79 Å². The maximum atomic E-state index is 13.4. The van der Waals surface area contributed by atoms with Gasteiger partial charge >= 0.3 is 0 Å². The molecule has 1 aliphatic rings. The first-order valence-corrected chi connectivity index (χ1v) is 12.5. The average Bonchev–Trinajstić information content (AvgIpc) is 3.43. The Morgan fingerprint density at radius 2 is 1.71 bits per heavy atom. The zero-order chi connectivity index (χ0) is 24.4. The molecule has 7 heteroatoms. The Bertz CT molecular complexity index is 1440. The number of hydrogen-bond donors (Lipinski definition) is 0. The number of furan rings is 1. The zero-order valence-corrected chi connectivity index (χ0v) is 21.1. The minimum absolute atomic E-state index is 0.122. The molecule has 0 unspecified atom stereocenters. The highest BCUT2D eigenvalue weighted by Gasteiger charge is 2.33. The summed E-state index contributed by atoms with van der Waals surface area (Å²) in [4.78, 5) is 20.4. The van der Waals surface area contributed by atoms with Crippen LogP contribution < -0.4 is 0 Å². The van der Waals surface area contributed by atoms with E-state index in [4.69, 9.17) is 32.6 Å². The van der Waals surface area contributed by atoms with Crippen LogP contribution in [0.15, 0.2) is 99.2 Å². The molecule has 0 N–H and O–H groups in total. The topological polar surface area (TPSA) is 45.8 Å². The van der Waals surface area contributed by atoms with E-state index < -0.39 is 0 Å². The molecular weight excluding hydrogens is 499 g/mol. The summed E-state index contributed by atoms with van der Waals surface area (Å²) >= 11 is 13.8. The predicted octanol–water partition coefficient (Wildman–Crippen LogP) is 8.37. The van der Waals surface area contributed by atoms with Crippen molar-refractivity contribution in [2.45, 2.75) is 13.5 Å². The van der Waals surface area contributed by atoms with Gasteiger partial charge in [0, 0.05) is 11.6 Å². The van der Waals surface area contributed by atoms with E-state index in [0.29, 0.717) is 43.7 Å². The van der Waals surface area contributed by atoms with Crippen molar-refractivity contribution in [1.82, 2.24) is 4.90 Å². The standard InChI is InChI=1S/C28H20Cl2N2O2S/c1-18-10-12-20(13-11-18)31-28-32(17-19-6-3-2-4-7-19)27(33)25(35-28)16-21-14-15-24(34-21)22-8-5-9-23(29)26(22)30/h2-16H,17H2,1H3/b25-16+,31-28?. The third kappa shape index (κ3) is 5.22. The monoisotopic (exact) mass is 518 g/mol. The van der Waals surface area contributed by atoms with Crippen LogP contribution >= 0.6 is 35.0 Å². The number of amidine groups is 1. The van der Waals surface area contributed by atoms with Gasteiger partial charge in [0.15, 0.2) is 5.17 Å². The Morgan fingerprint density at radius 1 is 0.943 bits per heavy atom. The Labute approximate surface area is 217 Å². The van der Waals surface area contributed by atoms with Crippen LogP contribution in [0, 0.1) is 6.92 Å². The number of aryl methyl sites for hydroxylation is 1. The maximum Gasteiger partial charge on any atom is 0.267 e. The first-order chi connectivity index (χ1) is 17.0. The summed E-state index contributed by atoms with van der Waals surface area (Å²) in [5.74, 6) is 1.00. The van der Waals surface area contributed by atoms with Crippen molar-refractivity contribution >= 4 is 57.8 Å². The van der Waals surface area contributed by atoms with Gasteiger partial charge in [-0.3, -0.25) is 9.69 Å². The van der Waals surface area contributed by atoms with Gasteiger partial charge in [-0.25, -0.2) is 4.99 Å². The molecular formula is C28H20Cl2N2O2S. The lowest BCUT2D eigenvalue weighted by Gasteiger charge is -2.15. The summed E-state index contributed by atoms with van der Waals surface area (Å²) in [5, 5.41) is 1.50. The van der Waals surface area contributed by atoms with E-state index >= 15 is 0 Å². The second kappa shape index (κ2) is 10.2. The number of carbonyl (C=O) groups excluding carboxylic acids is 1. The highest BCUT2D eigenvalue weighted by Crippen LogP contribution is 2.38. The number of benzene rings is 3. The molecule has 1 aromatic heterocycles. The van der Waals surface area contributed by atoms with Gasteiger partial charge in [0.25, 0.3) is 5.91 Å². The van der Waals surface area contributed by atoms with Gasteiger partial charge in [0.05, 0.1) is 27.2 Å². The summed E-state index contributed by atoms with van der Waals surface area (Å²) in [7, 11) is 0. The van der Waals surface area contributed by atoms with Crippen molar-refractivity contribution in [2.75, 3.05) is 0 Å². The number of rotatable bonds is 5. The summed E-state index contributed by atoms with van der Waals surface area (Å²) < 4.78 is 5.99. The number of aliphatic imine (C=N–C) groups is 1. The van der Waals surface area contributed by atoms with Crippen molar-refractivity contribution in [1.29, 1.82) is 0 Å². The van der Waals surface area contributed by atoms with Gasteiger partial charge in [-0.05, 0) is 60.6 Å². The molecule has 3 aromatic carbocycles. The Morgan fingerprint density at radius 3 is 2.49 bits per heavy atom. The van der Waals surface area contributed by atoms with Crippen LogP contribution in [0.4, 0.5) is 5.69 Å². The molecule has 1 saturated heterocycles. The van der Waals surface area contributed by atoms with Gasteiger partial charge in [-0.15, -0.1) is 0 Å². The van der Waals surface area contributed by atoms with E-state index in [1.54, 1.807) is 17.0 Å². The lowest BCUT2D eigenvalue weighted by Crippen LogP contribution is -2.28. The van der Waals surface area contributed by atoms with E-state index in [1.165, 1.54) is 11.8 Å². The van der Waals surface area contributed by atoms with E-state index in [0.717, 1.165) is 16.8 Å². The first-order valence-electron chi connectivity index (χ1n) is 10.9. The molecule has 0 aliphatic carbocycles. The smallest absolute Gasteiger partial charge is 0.267 e. The number of hydrogen-bond acceptors (Lipinski definition) is 4. The second-order valence-electron chi connectivity index (χ2n) is 8.02. The summed E-state index contributed by atoms with van der Waals surface area (Å²) in [6.07, 6.45) is 1.74. The van der Waals surface area contributed by atoms with E-state index in [2.05, 4.69) is 0 Å². The molecule has 5 rings (SSSR count).